The lowest BCUT2D eigenvalue weighted by Crippen LogP contribution is -2.31. The van der Waals surface area contributed by atoms with Crippen LogP contribution in [0.25, 0.3) is 0 Å². The Morgan fingerprint density at radius 2 is 2.00 bits per heavy atom. The molecule has 0 saturated carbocycles. The molecule has 0 bridgehead atoms. The van der Waals surface area contributed by atoms with Crippen LogP contribution in [0.1, 0.15) is 46.8 Å². The third-order valence-corrected chi connectivity index (χ3v) is 5.36. The molecule has 6 heteroatoms. The molecule has 3 atom stereocenters. The predicted molar refractivity (Wildman–Crippen MR) is 102 cm³/mol. The van der Waals surface area contributed by atoms with Crippen LogP contribution in [-0.2, 0) is 4.74 Å². The van der Waals surface area contributed by atoms with Crippen LogP contribution in [0.2, 0.25) is 0 Å². The average Bonchev–Trinajstić information content (AvgIpc) is 3.17. The largest absolute Gasteiger partial charge is 0.462 e. The summed E-state index contributed by atoms with van der Waals surface area (Å²) < 4.78 is 5.20. The van der Waals surface area contributed by atoms with Crippen LogP contribution in [0.3, 0.4) is 0 Å². The van der Waals surface area contributed by atoms with Crippen molar-refractivity contribution >= 4 is 17.3 Å². The fourth-order valence-corrected chi connectivity index (χ4v) is 4.23. The van der Waals surface area contributed by atoms with Crippen LogP contribution in [0.15, 0.2) is 54.6 Å². The van der Waals surface area contributed by atoms with Crippen molar-refractivity contribution in [2.24, 2.45) is 5.92 Å². The second-order valence-electron chi connectivity index (χ2n) is 6.78. The van der Waals surface area contributed by atoms with Gasteiger partial charge in [-0.15, -0.1) is 0 Å². The van der Waals surface area contributed by atoms with Crippen molar-refractivity contribution in [2.45, 2.75) is 25.3 Å². The lowest BCUT2D eigenvalue weighted by atomic mass is 9.76. The first-order valence-corrected chi connectivity index (χ1v) is 9.08. The Kier molecular flexibility index (Phi) is 4.39. The number of carbonyl (C=O) groups excluding carboxylic acids is 1. The third-order valence-electron chi connectivity index (χ3n) is 5.36. The number of hydrogen-bond donors (Lipinski definition) is 1. The maximum Gasteiger partial charge on any atom is 0.340 e. The van der Waals surface area contributed by atoms with E-state index in [2.05, 4.69) is 17.5 Å². The van der Waals surface area contributed by atoms with E-state index in [1.807, 2.05) is 18.2 Å². The van der Waals surface area contributed by atoms with Gasteiger partial charge in [0.05, 0.1) is 34.4 Å². The minimum atomic E-state index is -0.386. The summed E-state index contributed by atoms with van der Waals surface area (Å²) in [5.41, 5.74) is 2.96. The first-order chi connectivity index (χ1) is 13.1. The lowest BCUT2D eigenvalue weighted by Gasteiger charge is -2.38. The van der Waals surface area contributed by atoms with Crippen LogP contribution in [0.5, 0.6) is 0 Å². The maximum atomic E-state index is 12.4. The van der Waals surface area contributed by atoms with Gasteiger partial charge in [0.2, 0.25) is 0 Å². The number of nitro groups is 1. The number of allylic oxidation sites excluding steroid dienone is 2. The predicted octanol–water partition coefficient (Wildman–Crippen LogP) is 4.60. The zero-order valence-electron chi connectivity index (χ0n) is 14.9. The number of fused-ring (bicyclic) bond motifs is 3. The fourth-order valence-electron chi connectivity index (χ4n) is 4.23. The summed E-state index contributed by atoms with van der Waals surface area (Å²) >= 11 is 0. The number of ether oxygens (including phenoxy) is 1. The van der Waals surface area contributed by atoms with E-state index < -0.39 is 0 Å². The molecule has 1 aliphatic carbocycles. The molecule has 1 heterocycles. The number of benzene rings is 2. The normalized spacial score (nSPS) is 22.5. The van der Waals surface area contributed by atoms with Crippen molar-refractivity contribution in [1.29, 1.82) is 0 Å². The molecule has 2 aliphatic rings. The van der Waals surface area contributed by atoms with Gasteiger partial charge in [-0.1, -0.05) is 42.5 Å². The molecule has 6 nitrogen and oxygen atoms in total. The third kappa shape index (κ3) is 2.87. The van der Waals surface area contributed by atoms with E-state index >= 15 is 0 Å². The van der Waals surface area contributed by atoms with Gasteiger partial charge < -0.3 is 10.1 Å². The molecule has 0 unspecified atom stereocenters. The molecule has 2 aromatic carbocycles. The van der Waals surface area contributed by atoms with Gasteiger partial charge in [0, 0.05) is 12.0 Å². The number of rotatable bonds is 4. The molecule has 0 saturated heterocycles. The number of para-hydroxylation sites is 2. The Morgan fingerprint density at radius 3 is 2.78 bits per heavy atom. The molecule has 0 fully saturated rings. The Balaban J connectivity index is 1.84. The monoisotopic (exact) mass is 364 g/mol. The van der Waals surface area contributed by atoms with E-state index in [4.69, 9.17) is 4.74 Å². The highest BCUT2D eigenvalue weighted by Gasteiger charge is 2.41. The number of hydrogen-bond acceptors (Lipinski definition) is 5. The van der Waals surface area contributed by atoms with Gasteiger partial charge in [-0.05, 0) is 30.9 Å². The van der Waals surface area contributed by atoms with Crippen molar-refractivity contribution in [2.75, 3.05) is 11.9 Å². The number of nitrogens with one attached hydrogen (secondary N) is 1. The second kappa shape index (κ2) is 6.87. The fraction of sp³-hybridized carbons (Fsp3) is 0.286. The summed E-state index contributed by atoms with van der Waals surface area (Å²) in [7, 11) is 0. The quantitative estimate of drug-likeness (QED) is 0.371. The molecule has 2 aromatic rings. The van der Waals surface area contributed by atoms with Gasteiger partial charge in [0.1, 0.15) is 0 Å². The second-order valence-corrected chi connectivity index (χ2v) is 6.78. The molecular formula is C21H20N2O4. The summed E-state index contributed by atoms with van der Waals surface area (Å²) in [6.07, 6.45) is 5.09. The summed E-state index contributed by atoms with van der Waals surface area (Å²) in [5.74, 6) is -0.111. The molecule has 0 spiro atoms. The summed E-state index contributed by atoms with van der Waals surface area (Å²) in [4.78, 5) is 23.6. The first kappa shape index (κ1) is 17.3. The van der Waals surface area contributed by atoms with Crippen molar-refractivity contribution in [3.63, 3.8) is 0 Å². The van der Waals surface area contributed by atoms with Gasteiger partial charge in [-0.2, -0.15) is 0 Å². The number of nitrogens with zero attached hydrogens (tertiary/aromatic N) is 1. The Bertz CT molecular complexity index is 938. The number of nitro benzene ring substituents is 1. The molecule has 1 aliphatic heterocycles. The molecule has 0 radical (unpaired) electrons. The van der Waals surface area contributed by atoms with Gasteiger partial charge in [0.15, 0.2) is 0 Å². The topological polar surface area (TPSA) is 81.5 Å². The molecule has 138 valence electrons. The van der Waals surface area contributed by atoms with Crippen molar-refractivity contribution in [3.05, 3.63) is 81.4 Å². The van der Waals surface area contributed by atoms with Crippen LogP contribution >= 0.6 is 0 Å². The zero-order valence-corrected chi connectivity index (χ0v) is 14.9. The molecule has 4 rings (SSSR count). The van der Waals surface area contributed by atoms with Gasteiger partial charge in [0.25, 0.3) is 5.69 Å². The highest BCUT2D eigenvalue weighted by Crippen LogP contribution is 2.51. The van der Waals surface area contributed by atoms with Gasteiger partial charge in [-0.25, -0.2) is 4.79 Å². The van der Waals surface area contributed by atoms with E-state index in [9.17, 15) is 14.9 Å². The Labute approximate surface area is 157 Å². The van der Waals surface area contributed by atoms with Crippen LogP contribution in [0, 0.1) is 16.0 Å². The van der Waals surface area contributed by atoms with E-state index in [0.717, 1.165) is 12.0 Å². The number of carbonyl (C=O) groups is 1. The van der Waals surface area contributed by atoms with E-state index in [-0.39, 0.29) is 34.5 Å². The van der Waals surface area contributed by atoms with Gasteiger partial charge >= 0.3 is 5.97 Å². The minimum absolute atomic E-state index is 0.0951. The molecular weight excluding hydrogens is 344 g/mol. The summed E-state index contributed by atoms with van der Waals surface area (Å²) in [6, 6.07) is 12.2. The minimum Gasteiger partial charge on any atom is -0.462 e. The molecule has 0 amide bonds. The Hall–Kier alpha value is -3.15. The van der Waals surface area contributed by atoms with Crippen molar-refractivity contribution in [3.8, 4) is 0 Å². The van der Waals surface area contributed by atoms with Crippen molar-refractivity contribution < 1.29 is 14.5 Å². The number of esters is 1. The molecule has 0 aromatic heterocycles. The highest BCUT2D eigenvalue weighted by atomic mass is 16.6. The highest BCUT2D eigenvalue weighted by molar-refractivity contribution is 5.97. The first-order valence-electron chi connectivity index (χ1n) is 9.08. The van der Waals surface area contributed by atoms with E-state index in [1.54, 1.807) is 25.1 Å². The lowest BCUT2D eigenvalue weighted by molar-refractivity contribution is -0.385. The smallest absolute Gasteiger partial charge is 0.340 e. The van der Waals surface area contributed by atoms with E-state index in [0.29, 0.717) is 23.4 Å². The van der Waals surface area contributed by atoms with Crippen LogP contribution < -0.4 is 5.32 Å². The SMILES string of the molecule is CCOC(=O)c1cccc2c1N[C@@H](c1ccccc1[N+](=O)[O-])[C@H]1CC=C[C@H]21. The van der Waals surface area contributed by atoms with Crippen LogP contribution in [0.4, 0.5) is 11.4 Å². The van der Waals surface area contributed by atoms with E-state index in [1.165, 1.54) is 6.07 Å². The molecule has 1 N–H and O–H groups in total. The summed E-state index contributed by atoms with van der Waals surface area (Å²) in [5, 5.41) is 15.0. The standard InChI is InChI=1S/C21H20N2O4/c1-2-27-21(24)17-11-6-10-15-13-8-5-9-14(13)19(22-20(15)17)16-7-3-4-12-18(16)23(25)26/h3-8,10-14,19,22H,2,9H2,1H3/t13-,14-,19+/m0/s1. The van der Waals surface area contributed by atoms with Crippen LogP contribution in [-0.4, -0.2) is 17.5 Å². The number of anilines is 1. The summed E-state index contributed by atoms with van der Waals surface area (Å²) in [6.45, 7) is 2.06. The Morgan fingerprint density at radius 1 is 1.22 bits per heavy atom. The zero-order chi connectivity index (χ0) is 19.0. The average molecular weight is 364 g/mol. The maximum absolute atomic E-state index is 12.4. The van der Waals surface area contributed by atoms with Gasteiger partial charge in [-0.3, -0.25) is 10.1 Å². The molecule has 27 heavy (non-hydrogen) atoms. The van der Waals surface area contributed by atoms with Crippen molar-refractivity contribution in [1.82, 2.24) is 0 Å².